The highest BCUT2D eigenvalue weighted by Crippen LogP contribution is 2.16. The molecule has 1 aromatic rings. The number of amides is 1. The summed E-state index contributed by atoms with van der Waals surface area (Å²) in [5, 5.41) is 10.9. The molecule has 94 valence electrons. The molecule has 0 atom stereocenters. The van der Waals surface area contributed by atoms with E-state index in [1.165, 1.54) is 0 Å². The van der Waals surface area contributed by atoms with Crippen LogP contribution in [0.4, 0.5) is 5.69 Å². The lowest BCUT2D eigenvalue weighted by Crippen LogP contribution is -2.12. The fourth-order valence-corrected chi connectivity index (χ4v) is 1.41. The van der Waals surface area contributed by atoms with Crippen LogP contribution in [0, 0.1) is 18.3 Å². The Bertz CT molecular complexity index is 503. The van der Waals surface area contributed by atoms with E-state index in [-0.39, 0.29) is 6.42 Å². The Balaban J connectivity index is 2.91. The van der Waals surface area contributed by atoms with E-state index < -0.39 is 11.9 Å². The number of nitrogens with one attached hydrogen (secondary N) is 1. The van der Waals surface area contributed by atoms with Crippen molar-refractivity contribution >= 4 is 17.6 Å². The number of nitrogens with zero attached hydrogens (tertiary/aromatic N) is 1. The van der Waals surface area contributed by atoms with Gasteiger partial charge in [0.15, 0.2) is 0 Å². The summed E-state index contributed by atoms with van der Waals surface area (Å²) in [5.74, 6) is -0.831. The van der Waals surface area contributed by atoms with Gasteiger partial charge in [0.25, 0.3) is 0 Å². The highest BCUT2D eigenvalue weighted by atomic mass is 16.5. The van der Waals surface area contributed by atoms with E-state index in [0.717, 1.165) is 5.56 Å². The van der Waals surface area contributed by atoms with Crippen LogP contribution in [0.25, 0.3) is 0 Å². The summed E-state index contributed by atoms with van der Waals surface area (Å²) >= 11 is 0. The Morgan fingerprint density at radius 1 is 1.44 bits per heavy atom. The van der Waals surface area contributed by atoms with Crippen molar-refractivity contribution in [1.82, 2.24) is 0 Å². The molecule has 0 saturated heterocycles. The first kappa shape index (κ1) is 13.7. The molecule has 0 aliphatic carbocycles. The molecule has 0 spiro atoms. The Hall–Kier alpha value is -2.35. The van der Waals surface area contributed by atoms with E-state index in [1.807, 2.05) is 0 Å². The van der Waals surface area contributed by atoms with E-state index in [2.05, 4.69) is 5.32 Å². The topological polar surface area (TPSA) is 79.2 Å². The van der Waals surface area contributed by atoms with Crippen molar-refractivity contribution < 1.29 is 14.3 Å². The van der Waals surface area contributed by atoms with Crippen molar-refractivity contribution in [1.29, 1.82) is 5.26 Å². The number of aryl methyl sites for hydroxylation is 1. The van der Waals surface area contributed by atoms with Crippen molar-refractivity contribution in [3.05, 3.63) is 29.3 Å². The Morgan fingerprint density at radius 3 is 2.78 bits per heavy atom. The van der Waals surface area contributed by atoms with E-state index in [0.29, 0.717) is 17.9 Å². The van der Waals surface area contributed by atoms with Gasteiger partial charge in [-0.3, -0.25) is 4.79 Å². The van der Waals surface area contributed by atoms with Crippen molar-refractivity contribution in [2.75, 3.05) is 11.9 Å². The maximum Gasteiger partial charge on any atom is 0.338 e. The van der Waals surface area contributed by atoms with Gasteiger partial charge in [-0.2, -0.15) is 5.26 Å². The van der Waals surface area contributed by atoms with Crippen LogP contribution in [0.3, 0.4) is 0 Å². The average molecular weight is 246 g/mol. The largest absolute Gasteiger partial charge is 0.462 e. The van der Waals surface area contributed by atoms with Gasteiger partial charge in [0.2, 0.25) is 5.91 Å². The van der Waals surface area contributed by atoms with Crippen molar-refractivity contribution in [3.63, 3.8) is 0 Å². The molecule has 0 heterocycles. The maximum absolute atomic E-state index is 11.6. The highest BCUT2D eigenvalue weighted by molar-refractivity contribution is 5.96. The lowest BCUT2D eigenvalue weighted by atomic mass is 10.1. The number of carbonyl (C=O) groups is 2. The number of esters is 1. The van der Waals surface area contributed by atoms with Crippen molar-refractivity contribution in [2.24, 2.45) is 0 Å². The summed E-state index contributed by atoms with van der Waals surface area (Å²) in [6.07, 6.45) is -0.220. The van der Waals surface area contributed by atoms with Gasteiger partial charge in [-0.15, -0.1) is 0 Å². The maximum atomic E-state index is 11.6. The number of hydrogen-bond donors (Lipinski definition) is 1. The molecule has 1 aromatic carbocycles. The molecule has 0 radical (unpaired) electrons. The summed E-state index contributed by atoms with van der Waals surface area (Å²) in [4.78, 5) is 22.9. The van der Waals surface area contributed by atoms with Crippen LogP contribution in [0.1, 0.15) is 29.3 Å². The van der Waals surface area contributed by atoms with E-state index in [9.17, 15) is 9.59 Å². The average Bonchev–Trinajstić information content (AvgIpc) is 2.32. The molecule has 0 aliphatic rings. The Labute approximate surface area is 105 Å². The fraction of sp³-hybridized carbons (Fsp3) is 0.308. The molecule has 5 nitrogen and oxygen atoms in total. The zero-order chi connectivity index (χ0) is 13.5. The number of ether oxygens (including phenoxy) is 1. The first-order valence-electron chi connectivity index (χ1n) is 5.53. The molecule has 0 fully saturated rings. The van der Waals surface area contributed by atoms with Gasteiger partial charge in [-0.05, 0) is 31.5 Å². The van der Waals surface area contributed by atoms with Gasteiger partial charge in [0, 0.05) is 5.69 Å². The third kappa shape index (κ3) is 3.59. The molecule has 0 aromatic heterocycles. The molecule has 1 N–H and O–H groups in total. The second kappa shape index (κ2) is 6.40. The van der Waals surface area contributed by atoms with E-state index in [4.69, 9.17) is 10.00 Å². The summed E-state index contributed by atoms with van der Waals surface area (Å²) in [6.45, 7) is 3.81. The normalized spacial score (nSPS) is 9.39. The van der Waals surface area contributed by atoms with Crippen LogP contribution >= 0.6 is 0 Å². The first-order valence-corrected chi connectivity index (χ1v) is 5.53. The monoisotopic (exact) mass is 246 g/mol. The second-order valence-corrected chi connectivity index (χ2v) is 3.63. The van der Waals surface area contributed by atoms with Crippen LogP contribution in [-0.4, -0.2) is 18.5 Å². The lowest BCUT2D eigenvalue weighted by Gasteiger charge is -2.08. The molecule has 0 saturated carbocycles. The minimum atomic E-state index is -0.425. The van der Waals surface area contributed by atoms with E-state index >= 15 is 0 Å². The molecular weight excluding hydrogens is 232 g/mol. The number of anilines is 1. The molecule has 0 aliphatic heterocycles. The summed E-state index contributed by atoms with van der Waals surface area (Å²) in [5.41, 5.74) is 1.65. The number of nitriles is 1. The van der Waals surface area contributed by atoms with Gasteiger partial charge in [-0.1, -0.05) is 6.07 Å². The smallest absolute Gasteiger partial charge is 0.338 e. The van der Waals surface area contributed by atoms with Crippen molar-refractivity contribution in [2.45, 2.75) is 20.3 Å². The van der Waals surface area contributed by atoms with Gasteiger partial charge in [0.05, 0.1) is 18.2 Å². The van der Waals surface area contributed by atoms with Crippen LogP contribution < -0.4 is 5.32 Å². The molecule has 0 unspecified atom stereocenters. The minimum absolute atomic E-state index is 0.220. The number of rotatable bonds is 4. The molecule has 0 bridgehead atoms. The summed E-state index contributed by atoms with van der Waals surface area (Å²) < 4.78 is 4.91. The Kier molecular flexibility index (Phi) is 4.88. The number of hydrogen-bond acceptors (Lipinski definition) is 4. The van der Waals surface area contributed by atoms with Gasteiger partial charge in [0.1, 0.15) is 6.42 Å². The van der Waals surface area contributed by atoms with E-state index in [1.54, 1.807) is 38.1 Å². The zero-order valence-corrected chi connectivity index (χ0v) is 10.3. The zero-order valence-electron chi connectivity index (χ0n) is 10.3. The SMILES string of the molecule is CCOC(=O)c1cc(NC(=O)CC#N)ccc1C. The number of carbonyl (C=O) groups excluding carboxylic acids is 2. The third-order valence-electron chi connectivity index (χ3n) is 2.26. The number of benzene rings is 1. The molecule has 5 heteroatoms. The standard InChI is InChI=1S/C13H14N2O3/c1-3-18-13(17)11-8-10(5-4-9(11)2)15-12(16)6-7-14/h4-5,8H,3,6H2,1-2H3,(H,15,16). The predicted molar refractivity (Wildman–Crippen MR) is 66.0 cm³/mol. The minimum Gasteiger partial charge on any atom is -0.462 e. The quantitative estimate of drug-likeness (QED) is 0.824. The molecular formula is C13H14N2O3. The highest BCUT2D eigenvalue weighted by Gasteiger charge is 2.11. The van der Waals surface area contributed by atoms with Gasteiger partial charge >= 0.3 is 5.97 Å². The predicted octanol–water partition coefficient (Wildman–Crippen LogP) is 2.02. The molecule has 1 amide bonds. The van der Waals surface area contributed by atoms with Crippen LogP contribution in [0.5, 0.6) is 0 Å². The van der Waals surface area contributed by atoms with Crippen molar-refractivity contribution in [3.8, 4) is 6.07 Å². The van der Waals surface area contributed by atoms with Crippen LogP contribution in [-0.2, 0) is 9.53 Å². The third-order valence-corrected chi connectivity index (χ3v) is 2.26. The van der Waals surface area contributed by atoms with Crippen LogP contribution in [0.15, 0.2) is 18.2 Å². The lowest BCUT2D eigenvalue weighted by molar-refractivity contribution is -0.115. The molecule has 18 heavy (non-hydrogen) atoms. The summed E-state index contributed by atoms with van der Waals surface area (Å²) in [7, 11) is 0. The molecule has 1 rings (SSSR count). The first-order chi connectivity index (χ1) is 8.58. The fourth-order valence-electron chi connectivity index (χ4n) is 1.41. The van der Waals surface area contributed by atoms with Gasteiger partial charge < -0.3 is 10.1 Å². The van der Waals surface area contributed by atoms with Gasteiger partial charge in [-0.25, -0.2) is 4.79 Å². The Morgan fingerprint density at radius 2 is 2.17 bits per heavy atom. The van der Waals surface area contributed by atoms with Crippen LogP contribution in [0.2, 0.25) is 0 Å². The summed E-state index contributed by atoms with van der Waals surface area (Å²) in [6, 6.07) is 6.69. The second-order valence-electron chi connectivity index (χ2n) is 3.63.